The number of aromatic nitrogens is 1. The Morgan fingerprint density at radius 2 is 2.32 bits per heavy atom. The number of hydrogen-bond donors (Lipinski definition) is 1. The Bertz CT molecular complexity index is 720. The van der Waals surface area contributed by atoms with Gasteiger partial charge in [0.25, 0.3) is 5.91 Å². The van der Waals surface area contributed by atoms with Crippen LogP contribution in [0.2, 0.25) is 0 Å². The average molecular weight is 344 g/mol. The molecule has 0 aliphatic carbocycles. The molecule has 0 saturated carbocycles. The topological polar surface area (TPSA) is 73.6 Å². The summed E-state index contributed by atoms with van der Waals surface area (Å²) in [5.74, 6) is 1.17. The third kappa shape index (κ3) is 4.39. The highest BCUT2D eigenvalue weighted by Crippen LogP contribution is 2.18. The smallest absolute Gasteiger partial charge is 0.257 e. The van der Waals surface area contributed by atoms with Crippen LogP contribution in [-0.4, -0.2) is 30.4 Å². The van der Waals surface area contributed by atoms with Gasteiger partial charge in [0.15, 0.2) is 0 Å². The van der Waals surface area contributed by atoms with Gasteiger partial charge in [0.05, 0.1) is 11.8 Å². The van der Waals surface area contributed by atoms with Crippen LogP contribution in [0.25, 0.3) is 0 Å². The molecule has 0 radical (unpaired) electrons. The molecule has 1 aromatic heterocycles. The molecule has 2 heterocycles. The zero-order valence-corrected chi connectivity index (χ0v) is 14.7. The summed E-state index contributed by atoms with van der Waals surface area (Å²) in [6.45, 7) is 5.50. The molecular formula is C19H24N2O4. The van der Waals surface area contributed by atoms with Gasteiger partial charge in [0.1, 0.15) is 23.7 Å². The van der Waals surface area contributed by atoms with Gasteiger partial charge in [-0.25, -0.2) is 0 Å². The average Bonchev–Trinajstić information content (AvgIpc) is 3.27. The van der Waals surface area contributed by atoms with E-state index in [-0.39, 0.29) is 12.0 Å². The Kier molecular flexibility index (Phi) is 5.71. The lowest BCUT2D eigenvalue weighted by Crippen LogP contribution is -2.24. The van der Waals surface area contributed by atoms with Crippen molar-refractivity contribution in [2.75, 3.05) is 13.2 Å². The third-order valence-electron chi connectivity index (χ3n) is 4.31. The molecule has 1 fully saturated rings. The first-order valence-corrected chi connectivity index (χ1v) is 8.74. The van der Waals surface area contributed by atoms with Crippen LogP contribution >= 0.6 is 0 Å². The van der Waals surface area contributed by atoms with E-state index in [1.54, 1.807) is 6.92 Å². The van der Waals surface area contributed by atoms with Gasteiger partial charge < -0.3 is 19.3 Å². The van der Waals surface area contributed by atoms with Crippen LogP contribution in [0.15, 0.2) is 28.8 Å². The molecule has 1 atom stereocenters. The van der Waals surface area contributed by atoms with E-state index < -0.39 is 0 Å². The summed E-state index contributed by atoms with van der Waals surface area (Å²) in [6, 6.07) is 7.74. The van der Waals surface area contributed by atoms with Gasteiger partial charge in [-0.15, -0.1) is 0 Å². The first kappa shape index (κ1) is 17.5. The highest BCUT2D eigenvalue weighted by molar-refractivity contribution is 5.96. The molecule has 0 spiro atoms. The molecule has 1 aliphatic rings. The summed E-state index contributed by atoms with van der Waals surface area (Å²) < 4.78 is 16.5. The van der Waals surface area contributed by atoms with Crippen molar-refractivity contribution in [1.29, 1.82) is 0 Å². The lowest BCUT2D eigenvalue weighted by Gasteiger charge is -2.12. The summed E-state index contributed by atoms with van der Waals surface area (Å²) in [6.07, 6.45) is 3.00. The summed E-state index contributed by atoms with van der Waals surface area (Å²) in [5.41, 5.74) is 2.20. The van der Waals surface area contributed by atoms with Crippen molar-refractivity contribution < 1.29 is 18.8 Å². The van der Waals surface area contributed by atoms with Crippen molar-refractivity contribution in [1.82, 2.24) is 10.5 Å². The number of aryl methyl sites for hydroxylation is 2. The van der Waals surface area contributed by atoms with E-state index in [4.69, 9.17) is 14.0 Å². The van der Waals surface area contributed by atoms with Crippen molar-refractivity contribution in [2.45, 2.75) is 45.8 Å². The summed E-state index contributed by atoms with van der Waals surface area (Å²) in [5, 5.41) is 6.84. The predicted molar refractivity (Wildman–Crippen MR) is 92.7 cm³/mol. The first-order chi connectivity index (χ1) is 12.2. The second-order valence-corrected chi connectivity index (χ2v) is 6.19. The molecule has 6 nitrogen and oxygen atoms in total. The quantitative estimate of drug-likeness (QED) is 0.836. The largest absolute Gasteiger partial charge is 0.491 e. The van der Waals surface area contributed by atoms with Crippen LogP contribution in [0.4, 0.5) is 0 Å². The van der Waals surface area contributed by atoms with Gasteiger partial charge in [-0.1, -0.05) is 24.2 Å². The number of ether oxygens (including phenoxy) is 2. The number of benzene rings is 1. The minimum Gasteiger partial charge on any atom is -0.491 e. The molecule has 0 unspecified atom stereocenters. The van der Waals surface area contributed by atoms with Crippen LogP contribution in [0.3, 0.4) is 0 Å². The second-order valence-electron chi connectivity index (χ2n) is 6.19. The maximum Gasteiger partial charge on any atom is 0.257 e. The maximum atomic E-state index is 12.4. The van der Waals surface area contributed by atoms with Gasteiger partial charge >= 0.3 is 0 Å². The third-order valence-corrected chi connectivity index (χ3v) is 4.31. The minimum absolute atomic E-state index is 0.165. The normalized spacial score (nSPS) is 16.8. The zero-order valence-electron chi connectivity index (χ0n) is 14.7. The number of carbonyl (C=O) groups is 1. The molecule has 134 valence electrons. The van der Waals surface area contributed by atoms with Gasteiger partial charge in [-0.2, -0.15) is 0 Å². The molecular weight excluding hydrogens is 320 g/mol. The lowest BCUT2D eigenvalue weighted by molar-refractivity contribution is 0.0679. The Balaban J connectivity index is 1.56. The van der Waals surface area contributed by atoms with E-state index in [1.165, 1.54) is 0 Å². The molecule has 1 saturated heterocycles. The van der Waals surface area contributed by atoms with Crippen LogP contribution in [0, 0.1) is 6.92 Å². The molecule has 25 heavy (non-hydrogen) atoms. The molecule has 1 aromatic carbocycles. The number of amides is 1. The van der Waals surface area contributed by atoms with Gasteiger partial charge in [-0.05, 0) is 43.9 Å². The number of hydrogen-bond acceptors (Lipinski definition) is 5. The van der Waals surface area contributed by atoms with E-state index in [0.717, 1.165) is 30.8 Å². The van der Waals surface area contributed by atoms with Crippen LogP contribution in [0.1, 0.15) is 47.1 Å². The van der Waals surface area contributed by atoms with Crippen LogP contribution < -0.4 is 10.1 Å². The predicted octanol–water partition coefficient (Wildman–Crippen LogP) is 3.03. The Labute approximate surface area is 147 Å². The Hall–Kier alpha value is -2.34. The molecule has 2 aromatic rings. The second kappa shape index (κ2) is 8.16. The summed E-state index contributed by atoms with van der Waals surface area (Å²) >= 11 is 0. The van der Waals surface area contributed by atoms with E-state index >= 15 is 0 Å². The first-order valence-electron chi connectivity index (χ1n) is 8.74. The van der Waals surface area contributed by atoms with Crippen molar-refractivity contribution in [2.24, 2.45) is 0 Å². The number of rotatable bonds is 7. The number of carbonyl (C=O) groups excluding carboxylic acids is 1. The van der Waals surface area contributed by atoms with Crippen molar-refractivity contribution in [3.05, 3.63) is 46.8 Å². The number of nitrogens with one attached hydrogen (secondary N) is 1. The molecule has 1 amide bonds. The van der Waals surface area contributed by atoms with Crippen LogP contribution in [-0.2, 0) is 17.7 Å². The molecule has 1 N–H and O–H groups in total. The zero-order chi connectivity index (χ0) is 17.6. The van der Waals surface area contributed by atoms with E-state index in [2.05, 4.69) is 10.5 Å². The fourth-order valence-electron chi connectivity index (χ4n) is 2.93. The Morgan fingerprint density at radius 3 is 3.08 bits per heavy atom. The number of nitrogens with zero attached hydrogens (tertiary/aromatic N) is 1. The van der Waals surface area contributed by atoms with Gasteiger partial charge in [0, 0.05) is 13.2 Å². The Morgan fingerprint density at radius 1 is 1.44 bits per heavy atom. The molecule has 0 bridgehead atoms. The van der Waals surface area contributed by atoms with E-state index in [1.807, 2.05) is 31.2 Å². The SMILES string of the molecule is CCc1noc(C)c1C(=O)NCc1cccc(OC[C@H]2CCCO2)c1. The molecule has 1 aliphatic heterocycles. The summed E-state index contributed by atoms with van der Waals surface area (Å²) in [4.78, 5) is 12.4. The van der Waals surface area contributed by atoms with Crippen LogP contribution in [0.5, 0.6) is 5.75 Å². The summed E-state index contributed by atoms with van der Waals surface area (Å²) in [7, 11) is 0. The highest BCUT2D eigenvalue weighted by atomic mass is 16.5. The lowest BCUT2D eigenvalue weighted by atomic mass is 10.1. The van der Waals surface area contributed by atoms with E-state index in [0.29, 0.717) is 36.6 Å². The maximum absolute atomic E-state index is 12.4. The van der Waals surface area contributed by atoms with Crippen molar-refractivity contribution in [3.8, 4) is 5.75 Å². The standard InChI is InChI=1S/C19H24N2O4/c1-3-17-18(13(2)25-21-17)19(22)20-11-14-6-4-7-15(10-14)24-12-16-8-5-9-23-16/h4,6-7,10,16H,3,5,8-9,11-12H2,1-2H3,(H,20,22)/t16-/m1/s1. The fraction of sp³-hybridized carbons (Fsp3) is 0.474. The molecule has 3 rings (SSSR count). The van der Waals surface area contributed by atoms with E-state index in [9.17, 15) is 4.79 Å². The van der Waals surface area contributed by atoms with Gasteiger partial charge in [-0.3, -0.25) is 4.79 Å². The van der Waals surface area contributed by atoms with Crippen molar-refractivity contribution >= 4 is 5.91 Å². The van der Waals surface area contributed by atoms with Crippen molar-refractivity contribution in [3.63, 3.8) is 0 Å². The van der Waals surface area contributed by atoms with Gasteiger partial charge in [0.2, 0.25) is 0 Å². The monoisotopic (exact) mass is 344 g/mol. The fourth-order valence-corrected chi connectivity index (χ4v) is 2.93. The highest BCUT2D eigenvalue weighted by Gasteiger charge is 2.19. The minimum atomic E-state index is -0.165. The molecule has 6 heteroatoms.